The van der Waals surface area contributed by atoms with E-state index in [9.17, 15) is 38.4 Å². The zero-order valence-corrected chi connectivity index (χ0v) is 61.8. The number of nitrogens with two attached hydrogens (primary N) is 3. The summed E-state index contributed by atoms with van der Waals surface area (Å²) in [6.45, 7) is 9.31. The number of nitrogen functional groups attached to an aromatic ring is 3. The molecule has 28 nitrogen and oxygen atoms in total. The molecule has 11 aromatic rings. The van der Waals surface area contributed by atoms with Crippen LogP contribution in [-0.4, -0.2) is 116 Å². The average Bonchev–Trinajstić information content (AvgIpc) is 0.786. The number of amides is 4. The summed E-state index contributed by atoms with van der Waals surface area (Å²) in [6, 6.07) is 59.1. The molecular weight excluding hydrogens is 1410 g/mol. The van der Waals surface area contributed by atoms with Crippen LogP contribution in [0.5, 0.6) is 0 Å². The minimum atomic E-state index is -0.435. The summed E-state index contributed by atoms with van der Waals surface area (Å²) in [5, 5.41) is 31.5. The molecular formula is C83H90N18O10. The lowest BCUT2D eigenvalue weighted by molar-refractivity contribution is -0.139. The number of hydrogen-bond donors (Lipinski definition) is 10. The number of fused-ring (bicyclic) bond motifs is 7. The number of ether oxygens (including phenoxy) is 2. The molecule has 0 unspecified atom stereocenters. The van der Waals surface area contributed by atoms with Gasteiger partial charge in [-0.3, -0.25) is 58.5 Å². The van der Waals surface area contributed by atoms with E-state index >= 15 is 0 Å². The Labute approximate surface area is 640 Å². The van der Waals surface area contributed by atoms with Gasteiger partial charge in [-0.15, -0.1) is 0 Å². The van der Waals surface area contributed by atoms with Gasteiger partial charge in [0.1, 0.15) is 47.3 Å². The Morgan fingerprint density at radius 3 is 1.49 bits per heavy atom. The van der Waals surface area contributed by atoms with Crippen molar-refractivity contribution in [3.63, 3.8) is 0 Å². The molecule has 0 bridgehead atoms. The molecule has 0 spiro atoms. The van der Waals surface area contributed by atoms with Crippen LogP contribution < -0.4 is 60.9 Å². The third-order valence-corrected chi connectivity index (χ3v) is 17.6. The third-order valence-electron chi connectivity index (χ3n) is 17.6. The highest BCUT2D eigenvalue weighted by Crippen LogP contribution is 2.25. The van der Waals surface area contributed by atoms with Crippen molar-refractivity contribution in [2.45, 2.75) is 79.3 Å². The van der Waals surface area contributed by atoms with Crippen LogP contribution in [0.4, 0.5) is 23.1 Å². The zero-order valence-electron chi connectivity index (χ0n) is 61.8. The number of aromatic nitrogens is 6. The first-order valence-corrected chi connectivity index (χ1v) is 35.1. The normalized spacial score (nSPS) is 13.4. The van der Waals surface area contributed by atoms with E-state index in [0.717, 1.165) is 101 Å². The Bertz CT molecular complexity index is 5560. The van der Waals surface area contributed by atoms with E-state index in [1.807, 2.05) is 195 Å². The second-order valence-corrected chi connectivity index (χ2v) is 25.0. The van der Waals surface area contributed by atoms with Crippen molar-refractivity contribution >= 4 is 109 Å². The number of carbonyl (C=O) groups excluding carboxylic acids is 5. The summed E-state index contributed by atoms with van der Waals surface area (Å²) in [7, 11) is 6.37. The van der Waals surface area contributed by atoms with Crippen LogP contribution in [0, 0.1) is 10.8 Å². The van der Waals surface area contributed by atoms with Gasteiger partial charge in [0.25, 0.3) is 0 Å². The fourth-order valence-electron chi connectivity index (χ4n) is 12.2. The second-order valence-electron chi connectivity index (χ2n) is 25.0. The van der Waals surface area contributed by atoms with Crippen LogP contribution >= 0.6 is 0 Å². The highest BCUT2D eigenvalue weighted by Gasteiger charge is 2.25. The van der Waals surface area contributed by atoms with Crippen molar-refractivity contribution in [2.24, 2.45) is 17.0 Å². The maximum absolute atomic E-state index is 12.0. The van der Waals surface area contributed by atoms with Gasteiger partial charge in [-0.25, -0.2) is 14.4 Å². The van der Waals surface area contributed by atoms with E-state index < -0.39 is 5.97 Å². The minimum Gasteiger partial charge on any atom is -0.502 e. The molecule has 4 aliphatic rings. The van der Waals surface area contributed by atoms with Crippen LogP contribution in [0.3, 0.4) is 0 Å². The van der Waals surface area contributed by atoms with Gasteiger partial charge in [0.2, 0.25) is 23.6 Å². The molecule has 0 radical (unpaired) electrons. The largest absolute Gasteiger partial charge is 0.502 e. The number of rotatable bonds is 12. The first-order valence-electron chi connectivity index (χ1n) is 35.1. The highest BCUT2D eigenvalue weighted by molar-refractivity contribution is 6.15. The molecule has 111 heavy (non-hydrogen) atoms. The monoisotopic (exact) mass is 1500 g/mol. The van der Waals surface area contributed by atoms with Crippen molar-refractivity contribution in [1.82, 2.24) is 49.9 Å². The second kappa shape index (κ2) is 39.5. The Balaban J connectivity index is 0.000000163. The highest BCUT2D eigenvalue weighted by atomic mass is 16.5. The van der Waals surface area contributed by atoms with E-state index in [-0.39, 0.29) is 72.2 Å². The topological polar surface area (TPSA) is 419 Å². The summed E-state index contributed by atoms with van der Waals surface area (Å²) < 4.78 is 14.2. The number of aliphatic imine (C=N–C) groups is 2. The van der Waals surface area contributed by atoms with Gasteiger partial charge in [0.15, 0.2) is 0 Å². The number of aryl methyl sites for hydroxylation is 3. The number of anilines is 4. The van der Waals surface area contributed by atoms with Gasteiger partial charge in [0.05, 0.1) is 68.8 Å². The predicted molar refractivity (Wildman–Crippen MR) is 436 cm³/mol. The molecule has 7 heterocycles. The first-order chi connectivity index (χ1) is 53.0. The molecule has 8 aromatic carbocycles. The molecule has 0 saturated carbocycles. The van der Waals surface area contributed by atoms with Crippen LogP contribution in [0.2, 0.25) is 0 Å². The lowest BCUT2D eigenvalue weighted by atomic mass is 9.92. The maximum atomic E-state index is 12.0. The summed E-state index contributed by atoms with van der Waals surface area (Å²) in [5.74, 6) is 2.31. The van der Waals surface area contributed by atoms with Crippen molar-refractivity contribution in [3.05, 3.63) is 287 Å². The predicted octanol–water partition coefficient (Wildman–Crippen LogP) is 8.47. The summed E-state index contributed by atoms with van der Waals surface area (Å²) in [6.07, 6.45) is 4.17. The van der Waals surface area contributed by atoms with Gasteiger partial charge in [0, 0.05) is 77.7 Å². The van der Waals surface area contributed by atoms with Crippen molar-refractivity contribution in [2.75, 3.05) is 56.9 Å². The minimum absolute atomic E-state index is 0. The van der Waals surface area contributed by atoms with Crippen LogP contribution in [0.25, 0.3) is 32.7 Å². The number of hydrogen-bond acceptors (Lipinski definition) is 21. The van der Waals surface area contributed by atoms with Crippen molar-refractivity contribution in [3.8, 4) is 0 Å². The quantitative estimate of drug-likeness (QED) is 0.0405. The summed E-state index contributed by atoms with van der Waals surface area (Å²) in [4.78, 5) is 111. The molecule has 0 saturated heterocycles. The molecule has 28 heteroatoms. The number of amidine groups is 4. The van der Waals surface area contributed by atoms with E-state index in [1.165, 1.54) is 17.2 Å². The number of para-hydroxylation sites is 3. The smallest absolute Gasteiger partial charge is 0.350 e. The molecule has 15 rings (SSSR count). The first kappa shape index (κ1) is 82.6. The van der Waals surface area contributed by atoms with Crippen LogP contribution in [0.1, 0.15) is 89.8 Å². The Morgan fingerprint density at radius 1 is 0.523 bits per heavy atom. The lowest BCUT2D eigenvalue weighted by Crippen LogP contribution is -2.38. The number of methoxy groups -OCH3 is 2. The number of carbonyl (C=O) groups is 5. The Kier molecular flexibility index (Phi) is 29.4. The van der Waals surface area contributed by atoms with E-state index in [1.54, 1.807) is 30.3 Å². The van der Waals surface area contributed by atoms with Crippen LogP contribution in [-0.2, 0) is 85.7 Å². The SMILES string of the molecule is C.C=C(CCN=C1NC(=O)Cc2ccccc21)OC.CCCc1cccc2c1C(=N)NC(=O)C2.CCn1c(=O)nc(N)c2ccccc21.CNc1cccc2c1C(=N)NC(=O)C2.COC(=O)CN=C1NC(=O)Cc2ccccc21.Cn1c(=O)nc(N)c2ccccc21.Nc1nc(=O)n(Cc2ccccc2)c2ccccc12. The van der Waals surface area contributed by atoms with Crippen molar-refractivity contribution in [1.29, 1.82) is 10.8 Å². The average molecular weight is 1500 g/mol. The van der Waals surface area contributed by atoms with Gasteiger partial charge in [-0.1, -0.05) is 173 Å². The van der Waals surface area contributed by atoms with Gasteiger partial charge in [-0.2, -0.15) is 15.0 Å². The summed E-state index contributed by atoms with van der Waals surface area (Å²) >= 11 is 0. The molecule has 0 aliphatic carbocycles. The molecule has 3 aromatic heterocycles. The van der Waals surface area contributed by atoms with Gasteiger partial charge >= 0.3 is 23.0 Å². The zero-order chi connectivity index (χ0) is 79.0. The third kappa shape index (κ3) is 21.4. The summed E-state index contributed by atoms with van der Waals surface area (Å²) in [5.41, 5.74) is 29.1. The van der Waals surface area contributed by atoms with Crippen LogP contribution in [0.15, 0.2) is 225 Å². The fourth-order valence-corrected chi connectivity index (χ4v) is 12.2. The lowest BCUT2D eigenvalue weighted by Gasteiger charge is -2.20. The standard InChI is InChI=1S/C15H13N3O.C14H16N2O2.C12H12N2O3.C12H14N2O.2C10H11N3O.C9H9N3O.CH4/c16-14-12-8-4-5-9-13(12)18(15(19)17-14)10-11-6-2-1-3-7-11;1-10(18-2)7-8-15-14-12-6-4-3-5-11(12)9-13(17)16-14;1-17-11(16)7-13-12-9-5-3-2-4-8(9)6-10(15)14-12;1-2-4-8-5-3-6-9-7-10(15)14-12(13)11(8)9;1-12-7-4-2-3-6-5-8(14)13-10(11)9(6)7;1-2-13-8-6-4-3-5-7(8)9(11)12-10(13)14;1-12-7-5-3-2-4-6(7)8(10)11-9(12)13;/h1-9H,10H2,(H2,16,17,19);3-6H,1,7-9H2,2H3,(H,15,16,17);2-5H,6-7H2,1H3,(H,13,14,15);3,5-6H,2,4,7H2,1H3,(H2,13,14,15);2-4,12H,5H2,1H3,(H2,11,13,14);3-6H,2H2,1H3,(H2,11,12,14);2-5H,1H3,(H2,10,11,13);1H4. The van der Waals surface area contributed by atoms with Gasteiger partial charge < -0.3 is 53.3 Å². The van der Waals surface area contributed by atoms with E-state index in [2.05, 4.69) is 69.8 Å². The molecule has 0 fully saturated rings. The molecule has 0 atom stereocenters. The maximum Gasteiger partial charge on any atom is 0.350 e. The number of esters is 1. The Morgan fingerprint density at radius 2 is 0.955 bits per heavy atom. The van der Waals surface area contributed by atoms with Gasteiger partial charge in [-0.05, 0) is 89.2 Å². The number of nitrogens with one attached hydrogen (secondary N) is 7. The number of benzene rings is 8. The van der Waals surface area contributed by atoms with E-state index in [4.69, 9.17) is 32.8 Å². The van der Waals surface area contributed by atoms with Crippen molar-refractivity contribution < 1.29 is 33.4 Å². The molecule has 572 valence electrons. The fraction of sp³-hybridized carbons (Fsp3) is 0.217. The molecule has 13 N–H and O–H groups in total. The van der Waals surface area contributed by atoms with E-state index in [0.29, 0.717) is 80.8 Å². The number of nitrogens with zero attached hydrogens (tertiary/aromatic N) is 8. The molecule has 4 aliphatic heterocycles. The molecule has 4 amide bonds. The Hall–Kier alpha value is -14.1.